The van der Waals surface area contributed by atoms with Crippen LogP contribution < -0.4 is 11.1 Å². The van der Waals surface area contributed by atoms with Crippen LogP contribution in [-0.2, 0) is 0 Å². The van der Waals surface area contributed by atoms with E-state index < -0.39 is 6.43 Å². The van der Waals surface area contributed by atoms with Crippen LogP contribution in [0.25, 0.3) is 0 Å². The number of nitrogens with one attached hydrogen (secondary N) is 1. The fraction of sp³-hybridized carbons (Fsp3) is 1.00. The fourth-order valence-electron chi connectivity index (χ4n) is 1.58. The number of nitrogens with two attached hydrogens (primary N) is 1. The molecule has 1 saturated carbocycles. The summed E-state index contributed by atoms with van der Waals surface area (Å²) in [7, 11) is 0. The van der Waals surface area contributed by atoms with Gasteiger partial charge in [0.05, 0.1) is 6.54 Å². The van der Waals surface area contributed by atoms with Gasteiger partial charge in [-0.05, 0) is 25.7 Å². The van der Waals surface area contributed by atoms with Crippen LogP contribution in [-0.4, -0.2) is 25.1 Å². The summed E-state index contributed by atoms with van der Waals surface area (Å²) in [6, 6.07) is 0.549. The van der Waals surface area contributed by atoms with E-state index in [1.54, 1.807) is 0 Å². The molecule has 1 aliphatic carbocycles. The summed E-state index contributed by atoms with van der Waals surface area (Å²) >= 11 is 0. The third-order valence-corrected chi connectivity index (χ3v) is 2.33. The van der Waals surface area contributed by atoms with Gasteiger partial charge in [0.15, 0.2) is 0 Å². The maximum absolute atomic E-state index is 11.8. The van der Waals surface area contributed by atoms with E-state index in [1.165, 1.54) is 0 Å². The first-order chi connectivity index (χ1) is 5.68. The summed E-state index contributed by atoms with van der Waals surface area (Å²) in [5, 5.41) is 2.84. The smallest absolute Gasteiger partial charge is 0.250 e. The number of hydrogen-bond donors (Lipinski definition) is 2. The Morgan fingerprint density at radius 1 is 1.25 bits per heavy atom. The number of hydrogen-bond acceptors (Lipinski definition) is 2. The molecule has 1 fully saturated rings. The molecule has 0 aromatic carbocycles. The zero-order chi connectivity index (χ0) is 8.97. The standard InChI is InChI=1S/C8H16F2N2/c9-8(10)5-12-7-3-1-6(11)2-4-7/h6-8,12H,1-5,11H2. The molecule has 1 aliphatic rings. The predicted molar refractivity (Wildman–Crippen MR) is 44.2 cm³/mol. The fourth-order valence-corrected chi connectivity index (χ4v) is 1.58. The zero-order valence-electron chi connectivity index (χ0n) is 7.10. The van der Waals surface area contributed by atoms with Crippen LogP contribution in [0.3, 0.4) is 0 Å². The molecule has 0 spiro atoms. The molecule has 0 saturated heterocycles. The summed E-state index contributed by atoms with van der Waals surface area (Å²) in [5.74, 6) is 0. The van der Waals surface area contributed by atoms with Crippen LogP contribution in [0.2, 0.25) is 0 Å². The largest absolute Gasteiger partial charge is 0.328 e. The Kier molecular flexibility index (Phi) is 3.88. The summed E-state index contributed by atoms with van der Waals surface area (Å²) in [5.41, 5.74) is 5.68. The summed E-state index contributed by atoms with van der Waals surface area (Å²) in [4.78, 5) is 0. The van der Waals surface area contributed by atoms with Crippen LogP contribution in [0.15, 0.2) is 0 Å². The Morgan fingerprint density at radius 3 is 2.33 bits per heavy atom. The van der Waals surface area contributed by atoms with Crippen molar-refractivity contribution in [1.29, 1.82) is 0 Å². The van der Waals surface area contributed by atoms with Crippen LogP contribution in [0.1, 0.15) is 25.7 Å². The van der Waals surface area contributed by atoms with E-state index in [2.05, 4.69) is 5.32 Å². The van der Waals surface area contributed by atoms with Gasteiger partial charge in [-0.15, -0.1) is 0 Å². The lowest BCUT2D eigenvalue weighted by Crippen LogP contribution is -2.39. The van der Waals surface area contributed by atoms with Crippen LogP contribution in [0, 0.1) is 0 Å². The summed E-state index contributed by atoms with van der Waals surface area (Å²) in [6.45, 7) is -0.181. The van der Waals surface area contributed by atoms with Gasteiger partial charge in [0.25, 0.3) is 6.43 Å². The molecule has 4 heteroatoms. The molecule has 2 nitrogen and oxygen atoms in total. The minimum Gasteiger partial charge on any atom is -0.328 e. The molecule has 0 amide bonds. The molecule has 0 heterocycles. The molecular formula is C8H16F2N2. The molecule has 0 aromatic rings. The highest BCUT2D eigenvalue weighted by atomic mass is 19.3. The Balaban J connectivity index is 2.09. The minimum atomic E-state index is -2.24. The third kappa shape index (κ3) is 3.45. The maximum Gasteiger partial charge on any atom is 0.250 e. The quantitative estimate of drug-likeness (QED) is 0.679. The van der Waals surface area contributed by atoms with E-state index in [-0.39, 0.29) is 18.6 Å². The molecule has 72 valence electrons. The first kappa shape index (κ1) is 9.86. The van der Waals surface area contributed by atoms with Crippen molar-refractivity contribution in [2.45, 2.75) is 44.2 Å². The first-order valence-electron chi connectivity index (χ1n) is 4.45. The van der Waals surface area contributed by atoms with Crippen molar-refractivity contribution < 1.29 is 8.78 Å². The van der Waals surface area contributed by atoms with Gasteiger partial charge < -0.3 is 11.1 Å². The van der Waals surface area contributed by atoms with Crippen LogP contribution in [0.4, 0.5) is 8.78 Å². The summed E-state index contributed by atoms with van der Waals surface area (Å²) < 4.78 is 23.6. The number of rotatable bonds is 3. The Hall–Kier alpha value is -0.220. The molecule has 12 heavy (non-hydrogen) atoms. The molecule has 0 atom stereocenters. The summed E-state index contributed by atoms with van der Waals surface area (Å²) in [6.07, 6.45) is 1.56. The zero-order valence-corrected chi connectivity index (χ0v) is 7.10. The number of alkyl halides is 2. The average molecular weight is 178 g/mol. The van der Waals surface area contributed by atoms with Gasteiger partial charge in [0, 0.05) is 12.1 Å². The van der Waals surface area contributed by atoms with Gasteiger partial charge in [0.1, 0.15) is 0 Å². The van der Waals surface area contributed by atoms with Crippen LogP contribution >= 0.6 is 0 Å². The van der Waals surface area contributed by atoms with E-state index in [0.29, 0.717) is 0 Å². The van der Waals surface area contributed by atoms with Crippen molar-refractivity contribution in [2.75, 3.05) is 6.54 Å². The minimum absolute atomic E-state index is 0.181. The predicted octanol–water partition coefficient (Wildman–Crippen LogP) is 1.11. The van der Waals surface area contributed by atoms with Gasteiger partial charge >= 0.3 is 0 Å². The first-order valence-corrected chi connectivity index (χ1v) is 4.45. The second kappa shape index (κ2) is 4.72. The van der Waals surface area contributed by atoms with Crippen molar-refractivity contribution in [3.05, 3.63) is 0 Å². The molecular weight excluding hydrogens is 162 g/mol. The SMILES string of the molecule is NC1CCC(NCC(F)F)CC1. The second-order valence-electron chi connectivity index (χ2n) is 3.41. The lowest BCUT2D eigenvalue weighted by atomic mass is 9.92. The molecule has 3 N–H and O–H groups in total. The maximum atomic E-state index is 11.8. The van der Waals surface area contributed by atoms with Crippen LogP contribution in [0.5, 0.6) is 0 Å². The normalized spacial score (nSPS) is 31.0. The second-order valence-corrected chi connectivity index (χ2v) is 3.41. The Bertz CT molecular complexity index is 122. The lowest BCUT2D eigenvalue weighted by Gasteiger charge is -2.26. The molecule has 0 bridgehead atoms. The van der Waals surface area contributed by atoms with E-state index in [4.69, 9.17) is 5.73 Å². The topological polar surface area (TPSA) is 38.0 Å². The van der Waals surface area contributed by atoms with Crippen molar-refractivity contribution in [3.8, 4) is 0 Å². The van der Waals surface area contributed by atoms with Crippen molar-refractivity contribution in [1.82, 2.24) is 5.32 Å². The van der Waals surface area contributed by atoms with Gasteiger partial charge in [-0.3, -0.25) is 0 Å². The molecule has 1 rings (SSSR count). The van der Waals surface area contributed by atoms with E-state index in [1.807, 2.05) is 0 Å². The lowest BCUT2D eigenvalue weighted by molar-refractivity contribution is 0.137. The van der Waals surface area contributed by atoms with E-state index >= 15 is 0 Å². The van der Waals surface area contributed by atoms with Gasteiger partial charge in [-0.2, -0.15) is 0 Å². The van der Waals surface area contributed by atoms with E-state index in [0.717, 1.165) is 25.7 Å². The Labute approximate surface area is 71.5 Å². The van der Waals surface area contributed by atoms with E-state index in [9.17, 15) is 8.78 Å². The van der Waals surface area contributed by atoms with Gasteiger partial charge in [-0.25, -0.2) is 8.78 Å². The van der Waals surface area contributed by atoms with Crippen molar-refractivity contribution in [2.24, 2.45) is 5.73 Å². The van der Waals surface area contributed by atoms with Crippen molar-refractivity contribution in [3.63, 3.8) is 0 Å². The Morgan fingerprint density at radius 2 is 1.83 bits per heavy atom. The highest BCUT2D eigenvalue weighted by molar-refractivity contribution is 4.78. The molecule has 0 aromatic heterocycles. The van der Waals surface area contributed by atoms with Gasteiger partial charge in [-0.1, -0.05) is 0 Å². The highest BCUT2D eigenvalue weighted by Crippen LogP contribution is 2.16. The average Bonchev–Trinajstić information content (AvgIpc) is 2.03. The van der Waals surface area contributed by atoms with Crippen molar-refractivity contribution >= 4 is 0 Å². The van der Waals surface area contributed by atoms with Gasteiger partial charge in [0.2, 0.25) is 0 Å². The third-order valence-electron chi connectivity index (χ3n) is 2.33. The molecule has 0 radical (unpaired) electrons. The molecule has 0 aliphatic heterocycles. The molecule has 0 unspecified atom stereocenters. The number of halogens is 2. The highest BCUT2D eigenvalue weighted by Gasteiger charge is 2.18. The monoisotopic (exact) mass is 178 g/mol.